The minimum Gasteiger partial charge on any atom is -0.462 e. The van der Waals surface area contributed by atoms with Gasteiger partial charge in [0.1, 0.15) is 5.82 Å². The van der Waals surface area contributed by atoms with Gasteiger partial charge < -0.3 is 15.8 Å². The third kappa shape index (κ3) is 3.79. The van der Waals surface area contributed by atoms with E-state index >= 15 is 0 Å². The summed E-state index contributed by atoms with van der Waals surface area (Å²) in [5, 5.41) is 3.85. The van der Waals surface area contributed by atoms with E-state index < -0.39 is 5.97 Å². The number of anilines is 2. The number of pyridine rings is 1. The summed E-state index contributed by atoms with van der Waals surface area (Å²) in [6.07, 6.45) is 5.39. The molecule has 1 aliphatic rings. The predicted octanol–water partition coefficient (Wildman–Crippen LogP) is 2.54. The average molecular weight is 295 g/mol. The average Bonchev–Trinajstić information content (AvgIpc) is 2.47. The lowest BCUT2D eigenvalue weighted by Crippen LogP contribution is -2.21. The molecule has 110 valence electrons. The number of rotatable bonds is 5. The van der Waals surface area contributed by atoms with Gasteiger partial charge in [0.2, 0.25) is 0 Å². The van der Waals surface area contributed by atoms with Crippen LogP contribution in [0.2, 0.25) is 0 Å². The van der Waals surface area contributed by atoms with E-state index in [1.54, 1.807) is 19.2 Å². The zero-order chi connectivity index (χ0) is 14.4. The number of hydrogen-bond acceptors (Lipinski definition) is 6. The SMILES string of the molecule is CCOC(=O)c1ccnc(NCC2CCCCS2)c1N. The number of ether oxygens (including phenoxy) is 1. The first-order valence-corrected chi connectivity index (χ1v) is 8.04. The van der Waals surface area contributed by atoms with Crippen LogP contribution in [0, 0.1) is 0 Å². The van der Waals surface area contributed by atoms with Crippen LogP contribution >= 0.6 is 11.8 Å². The van der Waals surface area contributed by atoms with E-state index in [0.29, 0.717) is 28.9 Å². The minimum atomic E-state index is -0.400. The topological polar surface area (TPSA) is 77.2 Å². The molecule has 1 aromatic rings. The fourth-order valence-corrected chi connectivity index (χ4v) is 3.42. The molecule has 5 nitrogen and oxygen atoms in total. The molecule has 0 aromatic carbocycles. The van der Waals surface area contributed by atoms with Crippen molar-refractivity contribution in [1.29, 1.82) is 0 Å². The fraction of sp³-hybridized carbons (Fsp3) is 0.571. The van der Waals surface area contributed by atoms with Crippen LogP contribution in [-0.2, 0) is 4.74 Å². The lowest BCUT2D eigenvalue weighted by molar-refractivity contribution is 0.0527. The Kier molecular flexibility index (Phi) is 5.52. The quantitative estimate of drug-likeness (QED) is 0.813. The molecule has 0 bridgehead atoms. The summed E-state index contributed by atoms with van der Waals surface area (Å²) in [5.74, 6) is 1.39. The van der Waals surface area contributed by atoms with Crippen molar-refractivity contribution < 1.29 is 9.53 Å². The lowest BCUT2D eigenvalue weighted by atomic mass is 10.2. The molecular weight excluding hydrogens is 274 g/mol. The van der Waals surface area contributed by atoms with Gasteiger partial charge in [-0.1, -0.05) is 6.42 Å². The number of carbonyl (C=O) groups excluding carboxylic acids is 1. The van der Waals surface area contributed by atoms with Crippen LogP contribution in [0.3, 0.4) is 0 Å². The number of hydrogen-bond donors (Lipinski definition) is 2. The van der Waals surface area contributed by atoms with Crippen LogP contribution in [0.15, 0.2) is 12.3 Å². The van der Waals surface area contributed by atoms with Gasteiger partial charge in [0.25, 0.3) is 0 Å². The monoisotopic (exact) mass is 295 g/mol. The molecule has 0 amide bonds. The van der Waals surface area contributed by atoms with Gasteiger partial charge in [0.15, 0.2) is 0 Å². The first-order chi connectivity index (χ1) is 9.72. The highest BCUT2D eigenvalue weighted by Crippen LogP contribution is 2.26. The standard InChI is InChI=1S/C14H21N3O2S/c1-2-19-14(18)11-6-7-16-13(12(11)15)17-9-10-5-3-4-8-20-10/h6-7,10H,2-5,8-9,15H2,1H3,(H,16,17). The number of thioether (sulfide) groups is 1. The van der Waals surface area contributed by atoms with Gasteiger partial charge in [-0.3, -0.25) is 0 Å². The zero-order valence-electron chi connectivity index (χ0n) is 11.7. The first-order valence-electron chi connectivity index (χ1n) is 6.99. The number of nitrogen functional groups attached to an aromatic ring is 1. The van der Waals surface area contributed by atoms with Gasteiger partial charge in [-0.05, 0) is 31.6 Å². The third-order valence-corrected chi connectivity index (χ3v) is 4.65. The number of nitrogens with zero attached hydrogens (tertiary/aromatic N) is 1. The van der Waals surface area contributed by atoms with Crippen molar-refractivity contribution in [3.8, 4) is 0 Å². The van der Waals surface area contributed by atoms with Crippen LogP contribution in [0.25, 0.3) is 0 Å². The summed E-state index contributed by atoms with van der Waals surface area (Å²) in [7, 11) is 0. The number of nitrogens with one attached hydrogen (secondary N) is 1. The Labute approximate surface area is 123 Å². The smallest absolute Gasteiger partial charge is 0.340 e. The lowest BCUT2D eigenvalue weighted by Gasteiger charge is -2.22. The molecule has 0 aliphatic carbocycles. The van der Waals surface area contributed by atoms with Crippen LogP contribution < -0.4 is 11.1 Å². The molecule has 1 aromatic heterocycles. The Morgan fingerprint density at radius 2 is 2.45 bits per heavy atom. The van der Waals surface area contributed by atoms with E-state index in [2.05, 4.69) is 10.3 Å². The zero-order valence-corrected chi connectivity index (χ0v) is 12.5. The normalized spacial score (nSPS) is 18.6. The second-order valence-corrected chi connectivity index (χ2v) is 6.12. The van der Waals surface area contributed by atoms with Crippen molar-refractivity contribution in [3.63, 3.8) is 0 Å². The molecule has 0 spiro atoms. The second kappa shape index (κ2) is 7.38. The summed E-state index contributed by atoms with van der Waals surface area (Å²) >= 11 is 1.98. The highest BCUT2D eigenvalue weighted by molar-refractivity contribution is 7.99. The molecule has 6 heteroatoms. The van der Waals surface area contributed by atoms with Crippen molar-refractivity contribution in [2.75, 3.05) is 30.0 Å². The van der Waals surface area contributed by atoms with Crippen LogP contribution in [0.1, 0.15) is 36.5 Å². The maximum absolute atomic E-state index is 11.8. The third-order valence-electron chi connectivity index (χ3n) is 3.26. The summed E-state index contributed by atoms with van der Waals surface area (Å²) in [6.45, 7) is 2.94. The summed E-state index contributed by atoms with van der Waals surface area (Å²) in [4.78, 5) is 16.0. The van der Waals surface area contributed by atoms with Crippen LogP contribution in [0.4, 0.5) is 11.5 Å². The Hall–Kier alpha value is -1.43. The maximum Gasteiger partial charge on any atom is 0.340 e. The van der Waals surface area contributed by atoms with E-state index in [1.165, 1.54) is 25.0 Å². The summed E-state index contributed by atoms with van der Waals surface area (Å²) < 4.78 is 4.98. The molecule has 3 N–H and O–H groups in total. The highest BCUT2D eigenvalue weighted by atomic mass is 32.2. The largest absolute Gasteiger partial charge is 0.462 e. The van der Waals surface area contributed by atoms with Gasteiger partial charge >= 0.3 is 5.97 Å². The molecule has 1 atom stereocenters. The fourth-order valence-electron chi connectivity index (χ4n) is 2.18. The number of esters is 1. The van der Waals surface area contributed by atoms with Crippen molar-refractivity contribution in [2.45, 2.75) is 31.4 Å². The van der Waals surface area contributed by atoms with E-state index in [9.17, 15) is 4.79 Å². The number of aromatic nitrogens is 1. The molecular formula is C14H21N3O2S. The van der Waals surface area contributed by atoms with Gasteiger partial charge in [-0.25, -0.2) is 9.78 Å². The van der Waals surface area contributed by atoms with E-state index in [1.807, 2.05) is 11.8 Å². The summed E-state index contributed by atoms with van der Waals surface area (Å²) in [6, 6.07) is 1.59. The molecule has 1 unspecified atom stereocenters. The molecule has 1 aliphatic heterocycles. The Morgan fingerprint density at radius 3 is 3.15 bits per heavy atom. The van der Waals surface area contributed by atoms with Gasteiger partial charge in [0.05, 0.1) is 17.9 Å². The minimum absolute atomic E-state index is 0.335. The van der Waals surface area contributed by atoms with Crippen molar-refractivity contribution in [1.82, 2.24) is 4.98 Å². The van der Waals surface area contributed by atoms with Gasteiger partial charge in [-0.15, -0.1) is 0 Å². The molecule has 1 saturated heterocycles. The van der Waals surface area contributed by atoms with E-state index in [-0.39, 0.29) is 0 Å². The summed E-state index contributed by atoms with van der Waals surface area (Å²) in [5.41, 5.74) is 6.74. The van der Waals surface area contributed by atoms with Crippen molar-refractivity contribution >= 4 is 29.2 Å². The second-order valence-electron chi connectivity index (χ2n) is 4.71. The molecule has 2 rings (SSSR count). The Morgan fingerprint density at radius 1 is 1.60 bits per heavy atom. The van der Waals surface area contributed by atoms with Crippen LogP contribution in [0.5, 0.6) is 0 Å². The van der Waals surface area contributed by atoms with Crippen LogP contribution in [-0.4, -0.2) is 35.1 Å². The van der Waals surface area contributed by atoms with E-state index in [0.717, 1.165) is 6.54 Å². The Balaban J connectivity index is 2.00. The number of carbonyl (C=O) groups is 1. The molecule has 2 heterocycles. The highest BCUT2D eigenvalue weighted by Gasteiger charge is 2.17. The first kappa shape index (κ1) is 15.0. The molecule has 0 saturated carbocycles. The van der Waals surface area contributed by atoms with Gasteiger partial charge in [0, 0.05) is 18.0 Å². The molecule has 20 heavy (non-hydrogen) atoms. The van der Waals surface area contributed by atoms with Gasteiger partial charge in [-0.2, -0.15) is 11.8 Å². The molecule has 1 fully saturated rings. The maximum atomic E-state index is 11.8. The van der Waals surface area contributed by atoms with Crippen molar-refractivity contribution in [3.05, 3.63) is 17.8 Å². The Bertz CT molecular complexity index is 462. The van der Waals surface area contributed by atoms with E-state index in [4.69, 9.17) is 10.5 Å². The molecule has 0 radical (unpaired) electrons. The predicted molar refractivity (Wildman–Crippen MR) is 83.2 cm³/mol. The number of nitrogens with two attached hydrogens (primary N) is 1. The van der Waals surface area contributed by atoms with Crippen molar-refractivity contribution in [2.24, 2.45) is 0 Å².